The highest BCUT2D eigenvalue weighted by molar-refractivity contribution is 5.51. The predicted octanol–water partition coefficient (Wildman–Crippen LogP) is 2.39. The fraction of sp³-hybridized carbons (Fsp3) is 0.500. The lowest BCUT2D eigenvalue weighted by Crippen LogP contribution is -2.15. The summed E-state index contributed by atoms with van der Waals surface area (Å²) in [5, 5.41) is 20.2. The Kier molecular flexibility index (Phi) is 11.4. The van der Waals surface area contributed by atoms with Gasteiger partial charge in [-0.1, -0.05) is 12.1 Å². The lowest BCUT2D eigenvalue weighted by atomic mass is 10.3. The van der Waals surface area contributed by atoms with E-state index < -0.39 is 0 Å². The summed E-state index contributed by atoms with van der Waals surface area (Å²) in [5.41, 5.74) is 0. The zero-order chi connectivity index (χ0) is 23.8. The van der Waals surface area contributed by atoms with Gasteiger partial charge in [0, 0.05) is 0 Å². The molecule has 10 heteroatoms. The molecule has 0 saturated heterocycles. The molecule has 2 N–H and O–H groups in total. The van der Waals surface area contributed by atoms with Gasteiger partial charge in [-0.2, -0.15) is 0 Å². The number of benzene rings is 2. The summed E-state index contributed by atoms with van der Waals surface area (Å²) in [4.78, 5) is 0. The highest BCUT2D eigenvalue weighted by atomic mass is 16.6. The van der Waals surface area contributed by atoms with Crippen LogP contribution < -0.4 is 18.9 Å². The number of ether oxygens (including phenoxy) is 8. The minimum atomic E-state index is -0.00794. The predicted molar refractivity (Wildman–Crippen MR) is 121 cm³/mol. The number of phenols is 2. The largest absolute Gasteiger partial charge is 0.504 e. The molecule has 188 valence electrons. The van der Waals surface area contributed by atoms with E-state index in [1.54, 1.807) is 24.3 Å². The molecule has 2 aromatic rings. The Morgan fingerprint density at radius 2 is 0.735 bits per heavy atom. The molecule has 0 radical (unpaired) electrons. The fourth-order valence-corrected chi connectivity index (χ4v) is 3.00. The second kappa shape index (κ2) is 15.1. The summed E-state index contributed by atoms with van der Waals surface area (Å²) in [6, 6.07) is 9.86. The smallest absolute Gasteiger partial charge is 0.203 e. The molecule has 1 heterocycles. The van der Waals surface area contributed by atoms with Crippen molar-refractivity contribution >= 4 is 0 Å². The van der Waals surface area contributed by atoms with Gasteiger partial charge in [-0.15, -0.1) is 0 Å². The average Bonchev–Trinajstić information content (AvgIpc) is 2.83. The van der Waals surface area contributed by atoms with E-state index >= 15 is 0 Å². The lowest BCUT2D eigenvalue weighted by molar-refractivity contribution is 0.0219. The second-order valence-electron chi connectivity index (χ2n) is 7.05. The summed E-state index contributed by atoms with van der Waals surface area (Å²) in [6.45, 7) is 3.91. The molecular weight excluding hydrogens is 448 g/mol. The van der Waals surface area contributed by atoms with Crippen LogP contribution in [0.3, 0.4) is 0 Å². The fourth-order valence-electron chi connectivity index (χ4n) is 3.00. The van der Waals surface area contributed by atoms with E-state index in [-0.39, 0.29) is 49.4 Å². The molecule has 2 aromatic carbocycles. The Morgan fingerprint density at radius 3 is 1.12 bits per heavy atom. The van der Waals surface area contributed by atoms with E-state index in [2.05, 4.69) is 0 Å². The maximum absolute atomic E-state index is 10.1. The molecule has 0 fully saturated rings. The van der Waals surface area contributed by atoms with E-state index in [9.17, 15) is 10.2 Å². The maximum Gasteiger partial charge on any atom is 0.203 e. The molecule has 0 saturated carbocycles. The zero-order valence-electron chi connectivity index (χ0n) is 19.1. The number of para-hydroxylation sites is 2. The molecule has 1 aliphatic heterocycles. The Morgan fingerprint density at radius 1 is 0.412 bits per heavy atom. The Hall–Kier alpha value is -2.92. The van der Waals surface area contributed by atoms with Gasteiger partial charge in [-0.3, -0.25) is 0 Å². The molecular formula is C24H32O10. The molecule has 10 nitrogen and oxygen atoms in total. The number of aromatic hydroxyl groups is 2. The van der Waals surface area contributed by atoms with Crippen molar-refractivity contribution in [1.82, 2.24) is 0 Å². The third-order valence-corrected chi connectivity index (χ3v) is 4.58. The quantitative estimate of drug-likeness (QED) is 0.583. The first-order valence-electron chi connectivity index (χ1n) is 11.2. The topological polar surface area (TPSA) is 114 Å². The number of hydrogen-bond acceptors (Lipinski definition) is 10. The first-order valence-corrected chi connectivity index (χ1v) is 11.2. The van der Waals surface area contributed by atoms with Crippen LogP contribution in [-0.2, 0) is 18.9 Å². The standard InChI is InChI=1S/C24H32O10/c25-19-3-1-5-21-23(19)33-17-13-29-9-10-30-14-18-34-24-20(26)4-2-6-22(24)32-16-12-28-8-7-27-11-15-31-21/h1-6,25-26H,7-18H2. The Balaban J connectivity index is 1.49. The van der Waals surface area contributed by atoms with Crippen LogP contribution in [0, 0.1) is 0 Å². The van der Waals surface area contributed by atoms with E-state index in [1.807, 2.05) is 0 Å². The minimum absolute atomic E-state index is 0.00794. The Labute approximate surface area is 198 Å². The number of phenolic OH excluding ortho intramolecular Hbond substituents is 2. The molecule has 0 atom stereocenters. The van der Waals surface area contributed by atoms with Gasteiger partial charge in [0.05, 0.1) is 52.9 Å². The van der Waals surface area contributed by atoms with Crippen LogP contribution in [-0.4, -0.2) is 89.5 Å². The van der Waals surface area contributed by atoms with Crippen LogP contribution in [0.15, 0.2) is 36.4 Å². The first-order chi connectivity index (χ1) is 16.8. The third-order valence-electron chi connectivity index (χ3n) is 4.58. The summed E-state index contributed by atoms with van der Waals surface area (Å²) in [6.07, 6.45) is 0. The van der Waals surface area contributed by atoms with Crippen LogP contribution in [0.1, 0.15) is 0 Å². The molecule has 0 unspecified atom stereocenters. The van der Waals surface area contributed by atoms with E-state index in [4.69, 9.17) is 37.9 Å². The normalized spacial score (nSPS) is 17.9. The molecule has 34 heavy (non-hydrogen) atoms. The number of hydrogen-bond donors (Lipinski definition) is 2. The van der Waals surface area contributed by atoms with Crippen molar-refractivity contribution in [1.29, 1.82) is 0 Å². The van der Waals surface area contributed by atoms with Gasteiger partial charge in [0.15, 0.2) is 23.0 Å². The molecule has 0 spiro atoms. The summed E-state index contributed by atoms with van der Waals surface area (Å²) < 4.78 is 44.7. The maximum atomic E-state index is 10.1. The Bertz CT molecular complexity index is 775. The van der Waals surface area contributed by atoms with Crippen molar-refractivity contribution in [3.05, 3.63) is 36.4 Å². The first kappa shape index (κ1) is 25.7. The van der Waals surface area contributed by atoms with Crippen molar-refractivity contribution in [2.45, 2.75) is 0 Å². The summed E-state index contributed by atoms with van der Waals surface area (Å²) in [7, 11) is 0. The van der Waals surface area contributed by atoms with Crippen LogP contribution in [0.4, 0.5) is 0 Å². The molecule has 0 amide bonds. The number of rotatable bonds is 0. The van der Waals surface area contributed by atoms with Crippen molar-refractivity contribution in [3.8, 4) is 34.5 Å². The van der Waals surface area contributed by atoms with Gasteiger partial charge < -0.3 is 48.1 Å². The minimum Gasteiger partial charge on any atom is -0.504 e. The highest BCUT2D eigenvalue weighted by Crippen LogP contribution is 2.37. The van der Waals surface area contributed by atoms with Crippen molar-refractivity contribution in [2.24, 2.45) is 0 Å². The van der Waals surface area contributed by atoms with Crippen molar-refractivity contribution < 1.29 is 48.1 Å². The third kappa shape index (κ3) is 8.79. The average molecular weight is 481 g/mol. The molecule has 1 aliphatic rings. The highest BCUT2D eigenvalue weighted by Gasteiger charge is 2.12. The van der Waals surface area contributed by atoms with Gasteiger partial charge in [-0.25, -0.2) is 0 Å². The van der Waals surface area contributed by atoms with Crippen LogP contribution >= 0.6 is 0 Å². The zero-order valence-corrected chi connectivity index (χ0v) is 19.1. The van der Waals surface area contributed by atoms with Gasteiger partial charge >= 0.3 is 0 Å². The van der Waals surface area contributed by atoms with E-state index in [0.29, 0.717) is 64.4 Å². The van der Waals surface area contributed by atoms with Gasteiger partial charge in [-0.05, 0) is 24.3 Å². The second-order valence-corrected chi connectivity index (χ2v) is 7.05. The van der Waals surface area contributed by atoms with Crippen LogP contribution in [0.25, 0.3) is 0 Å². The van der Waals surface area contributed by atoms with Crippen LogP contribution in [0.5, 0.6) is 34.5 Å². The molecule has 3 rings (SSSR count). The molecule has 0 aliphatic carbocycles. The van der Waals surface area contributed by atoms with Gasteiger partial charge in [0.1, 0.15) is 26.4 Å². The summed E-state index contributed by atoms with van der Waals surface area (Å²) >= 11 is 0. The monoisotopic (exact) mass is 480 g/mol. The molecule has 0 aromatic heterocycles. The number of fused-ring (bicyclic) bond motifs is 2. The van der Waals surface area contributed by atoms with E-state index in [0.717, 1.165) is 0 Å². The van der Waals surface area contributed by atoms with Gasteiger partial charge in [0.2, 0.25) is 11.5 Å². The molecule has 0 bridgehead atoms. The van der Waals surface area contributed by atoms with Crippen LogP contribution in [0.2, 0.25) is 0 Å². The van der Waals surface area contributed by atoms with Gasteiger partial charge in [0.25, 0.3) is 0 Å². The van der Waals surface area contributed by atoms with Crippen molar-refractivity contribution in [2.75, 3.05) is 79.3 Å². The summed E-state index contributed by atoms with van der Waals surface area (Å²) in [5.74, 6) is 1.38. The lowest BCUT2D eigenvalue weighted by Gasteiger charge is -2.15. The SMILES string of the molecule is Oc1cccc2c1OCCOCCOCCOc1c(O)cccc1OCCOCCOCCO2. The van der Waals surface area contributed by atoms with E-state index in [1.165, 1.54) is 12.1 Å². The van der Waals surface area contributed by atoms with Crippen molar-refractivity contribution in [3.63, 3.8) is 0 Å².